The van der Waals surface area contributed by atoms with Gasteiger partial charge in [-0.2, -0.15) is 0 Å². The van der Waals surface area contributed by atoms with E-state index >= 15 is 0 Å². The van der Waals surface area contributed by atoms with Crippen molar-refractivity contribution >= 4 is 41.5 Å². The molecule has 72 valence electrons. The summed E-state index contributed by atoms with van der Waals surface area (Å²) < 4.78 is 5.16. The number of hydrogen-bond acceptors (Lipinski definition) is 3. The minimum Gasteiger partial charge on any atom is -0.464 e. The normalized spacial score (nSPS) is 8.69. The Hall–Kier alpha value is -0.900. The van der Waals surface area contributed by atoms with E-state index in [1.54, 1.807) is 6.26 Å². The molecule has 0 aliphatic carbocycles. The lowest BCUT2D eigenvalue weighted by Crippen LogP contribution is -2.06. The van der Waals surface area contributed by atoms with Crippen LogP contribution in [0.5, 0.6) is 0 Å². The number of hydrazine groups is 1. The van der Waals surface area contributed by atoms with Gasteiger partial charge in [0.2, 0.25) is 0 Å². The van der Waals surface area contributed by atoms with Crippen molar-refractivity contribution in [2.75, 3.05) is 5.43 Å². The number of furan rings is 1. The molecule has 0 spiro atoms. The fraction of sp³-hybridized carbons (Fsp3) is 0. The monoisotopic (exact) mass is 220 g/mol. The third-order valence-electron chi connectivity index (χ3n) is 1.65. The molecule has 2 rings (SSSR count). The first-order chi connectivity index (χ1) is 5.42. The highest BCUT2D eigenvalue weighted by Gasteiger charge is 1.99. The molecule has 0 atom stereocenters. The van der Waals surface area contributed by atoms with Gasteiger partial charge in [-0.1, -0.05) is 6.07 Å². The van der Waals surface area contributed by atoms with E-state index in [9.17, 15) is 0 Å². The number of benzene rings is 1. The molecule has 0 saturated carbocycles. The summed E-state index contributed by atoms with van der Waals surface area (Å²) in [5.41, 5.74) is 4.33. The number of rotatable bonds is 1. The second-order valence-corrected chi connectivity index (χ2v) is 2.28. The molecule has 1 aromatic carbocycles. The summed E-state index contributed by atoms with van der Waals surface area (Å²) in [6, 6.07) is 7.57. The van der Waals surface area contributed by atoms with Gasteiger partial charge in [0.15, 0.2) is 0 Å². The maximum atomic E-state index is 5.28. The molecule has 5 heteroatoms. The Morgan fingerprint density at radius 2 is 1.92 bits per heavy atom. The van der Waals surface area contributed by atoms with Crippen LogP contribution in [0.2, 0.25) is 0 Å². The molecule has 1 heterocycles. The molecular formula is C8H10Cl2N2O. The first kappa shape index (κ1) is 12.1. The summed E-state index contributed by atoms with van der Waals surface area (Å²) in [5.74, 6) is 5.28. The van der Waals surface area contributed by atoms with E-state index in [2.05, 4.69) is 5.43 Å². The molecule has 2 aromatic rings. The molecule has 13 heavy (non-hydrogen) atoms. The molecule has 0 fully saturated rings. The van der Waals surface area contributed by atoms with Gasteiger partial charge >= 0.3 is 0 Å². The lowest BCUT2D eigenvalue weighted by Gasteiger charge is -1.98. The number of fused-ring (bicyclic) bond motifs is 1. The van der Waals surface area contributed by atoms with E-state index in [-0.39, 0.29) is 24.8 Å². The number of anilines is 1. The number of nitrogens with one attached hydrogen (secondary N) is 1. The fourth-order valence-corrected chi connectivity index (χ4v) is 1.12. The first-order valence-corrected chi connectivity index (χ1v) is 3.34. The highest BCUT2D eigenvalue weighted by Crippen LogP contribution is 2.22. The summed E-state index contributed by atoms with van der Waals surface area (Å²) >= 11 is 0. The second kappa shape index (κ2) is 4.97. The quantitative estimate of drug-likeness (QED) is 0.574. The molecule has 0 saturated heterocycles. The Balaban J connectivity index is 0.000000720. The highest BCUT2D eigenvalue weighted by atomic mass is 35.5. The van der Waals surface area contributed by atoms with Gasteiger partial charge in [-0.3, -0.25) is 5.84 Å². The van der Waals surface area contributed by atoms with Crippen molar-refractivity contribution in [3.63, 3.8) is 0 Å². The molecule has 0 bridgehead atoms. The van der Waals surface area contributed by atoms with Gasteiger partial charge in [-0.05, 0) is 18.2 Å². The average Bonchev–Trinajstić information content (AvgIpc) is 2.50. The Morgan fingerprint density at radius 1 is 1.15 bits per heavy atom. The lowest BCUT2D eigenvalue weighted by molar-refractivity contribution is 0.616. The number of nitrogen functional groups attached to an aromatic ring is 1. The van der Waals surface area contributed by atoms with Crippen molar-refractivity contribution in [2.24, 2.45) is 5.84 Å². The number of halogens is 2. The van der Waals surface area contributed by atoms with Crippen LogP contribution in [0.4, 0.5) is 5.69 Å². The second-order valence-electron chi connectivity index (χ2n) is 2.28. The molecule has 0 aliphatic rings. The Morgan fingerprint density at radius 3 is 2.62 bits per heavy atom. The SMILES string of the molecule is Cl.Cl.NNc1cccc2occc12. The Labute approximate surface area is 88.1 Å². The van der Waals surface area contributed by atoms with Gasteiger partial charge in [0.05, 0.1) is 12.0 Å². The summed E-state index contributed by atoms with van der Waals surface area (Å²) in [6.45, 7) is 0. The van der Waals surface area contributed by atoms with Crippen LogP contribution in [-0.4, -0.2) is 0 Å². The fourth-order valence-electron chi connectivity index (χ4n) is 1.12. The van der Waals surface area contributed by atoms with Crippen molar-refractivity contribution in [1.82, 2.24) is 0 Å². The van der Waals surface area contributed by atoms with Gasteiger partial charge in [0.25, 0.3) is 0 Å². The Kier molecular flexibility index (Phi) is 4.62. The minimum absolute atomic E-state index is 0. The maximum Gasteiger partial charge on any atom is 0.135 e. The first-order valence-electron chi connectivity index (χ1n) is 3.34. The lowest BCUT2D eigenvalue weighted by atomic mass is 10.2. The minimum atomic E-state index is 0. The van der Waals surface area contributed by atoms with Crippen molar-refractivity contribution in [3.05, 3.63) is 30.5 Å². The van der Waals surface area contributed by atoms with E-state index < -0.39 is 0 Å². The predicted octanol–water partition coefficient (Wildman–Crippen LogP) is 2.56. The zero-order valence-electron chi connectivity index (χ0n) is 6.69. The van der Waals surface area contributed by atoms with Gasteiger partial charge in [0.1, 0.15) is 5.58 Å². The smallest absolute Gasteiger partial charge is 0.135 e. The van der Waals surface area contributed by atoms with Crippen LogP contribution in [0.25, 0.3) is 11.0 Å². The molecule has 0 amide bonds. The topological polar surface area (TPSA) is 51.2 Å². The number of hydrogen-bond donors (Lipinski definition) is 2. The summed E-state index contributed by atoms with van der Waals surface area (Å²) in [7, 11) is 0. The van der Waals surface area contributed by atoms with Crippen LogP contribution < -0.4 is 11.3 Å². The predicted molar refractivity (Wildman–Crippen MR) is 58.5 cm³/mol. The number of nitrogens with two attached hydrogens (primary N) is 1. The summed E-state index contributed by atoms with van der Waals surface area (Å²) in [6.07, 6.45) is 1.64. The Bertz CT molecular complexity index is 375. The van der Waals surface area contributed by atoms with Gasteiger partial charge in [-0.25, -0.2) is 0 Å². The van der Waals surface area contributed by atoms with Crippen molar-refractivity contribution in [3.8, 4) is 0 Å². The van der Waals surface area contributed by atoms with Crippen LogP contribution in [0.3, 0.4) is 0 Å². The van der Waals surface area contributed by atoms with Gasteiger partial charge in [0, 0.05) is 5.39 Å². The summed E-state index contributed by atoms with van der Waals surface area (Å²) in [4.78, 5) is 0. The van der Waals surface area contributed by atoms with Gasteiger partial charge < -0.3 is 9.84 Å². The maximum absolute atomic E-state index is 5.28. The van der Waals surface area contributed by atoms with Crippen LogP contribution in [0.15, 0.2) is 34.9 Å². The van der Waals surface area contributed by atoms with E-state index in [1.807, 2.05) is 24.3 Å². The molecule has 0 unspecified atom stereocenters. The van der Waals surface area contributed by atoms with E-state index in [1.165, 1.54) is 0 Å². The van der Waals surface area contributed by atoms with E-state index in [0.29, 0.717) is 0 Å². The molecule has 1 aromatic heterocycles. The molecule has 3 nitrogen and oxygen atoms in total. The molecule has 3 N–H and O–H groups in total. The third-order valence-corrected chi connectivity index (χ3v) is 1.65. The zero-order valence-corrected chi connectivity index (χ0v) is 8.32. The van der Waals surface area contributed by atoms with Crippen LogP contribution in [0.1, 0.15) is 0 Å². The third kappa shape index (κ3) is 2.06. The largest absolute Gasteiger partial charge is 0.464 e. The zero-order chi connectivity index (χ0) is 7.68. The highest BCUT2D eigenvalue weighted by molar-refractivity contribution is 5.90. The van der Waals surface area contributed by atoms with Crippen molar-refractivity contribution in [2.45, 2.75) is 0 Å². The van der Waals surface area contributed by atoms with E-state index in [0.717, 1.165) is 16.7 Å². The standard InChI is InChI=1S/C8H8N2O.2ClH/c9-10-7-2-1-3-8-6(7)4-5-11-8;;/h1-5,10H,9H2;2*1H. The van der Waals surface area contributed by atoms with E-state index in [4.69, 9.17) is 10.3 Å². The van der Waals surface area contributed by atoms with Crippen LogP contribution >= 0.6 is 24.8 Å². The average molecular weight is 221 g/mol. The molecular weight excluding hydrogens is 211 g/mol. The molecule has 0 radical (unpaired) electrons. The van der Waals surface area contributed by atoms with Crippen LogP contribution in [-0.2, 0) is 0 Å². The van der Waals surface area contributed by atoms with Crippen molar-refractivity contribution < 1.29 is 4.42 Å². The van der Waals surface area contributed by atoms with Crippen molar-refractivity contribution in [1.29, 1.82) is 0 Å². The van der Waals surface area contributed by atoms with Crippen LogP contribution in [0, 0.1) is 0 Å². The molecule has 0 aliphatic heterocycles. The summed E-state index contributed by atoms with van der Waals surface area (Å²) in [5, 5.41) is 1.01. The van der Waals surface area contributed by atoms with Gasteiger partial charge in [-0.15, -0.1) is 24.8 Å².